The number of aliphatic hydroxyl groups is 1. The van der Waals surface area contributed by atoms with Crippen molar-refractivity contribution in [1.29, 1.82) is 0 Å². The number of hydrogen-bond acceptors (Lipinski definition) is 3. The average Bonchev–Trinajstić information content (AvgIpc) is 1.99. The van der Waals surface area contributed by atoms with Gasteiger partial charge in [0.15, 0.2) is 0 Å². The minimum absolute atomic E-state index is 0.237. The van der Waals surface area contributed by atoms with Crippen LogP contribution in [0.15, 0.2) is 0 Å². The van der Waals surface area contributed by atoms with E-state index in [4.69, 9.17) is 10.8 Å². The van der Waals surface area contributed by atoms with Gasteiger partial charge in [-0.3, -0.25) is 0 Å². The number of nitrogens with two attached hydrogens (primary N) is 1. The summed E-state index contributed by atoms with van der Waals surface area (Å²) in [5, 5.41) is 8.74. The highest BCUT2D eigenvalue weighted by molar-refractivity contribution is 7.99. The van der Waals surface area contributed by atoms with Crippen molar-refractivity contribution < 1.29 is 5.11 Å². The minimum Gasteiger partial charge on any atom is -0.396 e. The van der Waals surface area contributed by atoms with Gasteiger partial charge in [-0.05, 0) is 30.4 Å². The molecule has 3 heteroatoms. The molecule has 0 saturated carbocycles. The predicted molar refractivity (Wildman–Crippen MR) is 47.2 cm³/mol. The van der Waals surface area contributed by atoms with Crippen LogP contribution in [-0.4, -0.2) is 29.8 Å². The lowest BCUT2D eigenvalue weighted by atomic mass is 10.1. The molecular weight excluding hydrogens is 146 g/mol. The molecule has 62 valence electrons. The molecule has 0 heterocycles. The molecule has 3 N–H and O–H groups in total. The third kappa shape index (κ3) is 5.09. The Balaban J connectivity index is 3.09. The third-order valence-electron chi connectivity index (χ3n) is 1.47. The molecule has 0 aromatic carbocycles. The van der Waals surface area contributed by atoms with E-state index in [1.807, 2.05) is 11.8 Å². The van der Waals surface area contributed by atoms with Crippen LogP contribution in [0, 0.1) is 5.92 Å². The van der Waals surface area contributed by atoms with E-state index in [1.54, 1.807) is 0 Å². The van der Waals surface area contributed by atoms with Crippen LogP contribution in [-0.2, 0) is 0 Å². The standard InChI is InChI=1S/C7H17NOS/c1-2-10-4-3-7(5-8)6-9/h7,9H,2-6,8H2,1H3. The molecule has 0 rings (SSSR count). The van der Waals surface area contributed by atoms with Gasteiger partial charge in [-0.25, -0.2) is 0 Å². The van der Waals surface area contributed by atoms with Crippen molar-refractivity contribution in [2.75, 3.05) is 24.7 Å². The topological polar surface area (TPSA) is 46.2 Å². The molecule has 10 heavy (non-hydrogen) atoms. The second-order valence-electron chi connectivity index (χ2n) is 2.27. The van der Waals surface area contributed by atoms with E-state index < -0.39 is 0 Å². The number of rotatable bonds is 6. The second-order valence-corrected chi connectivity index (χ2v) is 3.66. The van der Waals surface area contributed by atoms with Gasteiger partial charge in [0.25, 0.3) is 0 Å². The molecule has 0 aromatic heterocycles. The summed E-state index contributed by atoms with van der Waals surface area (Å²) in [4.78, 5) is 0. The van der Waals surface area contributed by atoms with Crippen LogP contribution in [0.2, 0.25) is 0 Å². The molecule has 0 aliphatic heterocycles. The molecule has 1 atom stereocenters. The third-order valence-corrected chi connectivity index (χ3v) is 2.40. The first-order valence-electron chi connectivity index (χ1n) is 3.73. The molecular formula is C7H17NOS. The van der Waals surface area contributed by atoms with Crippen molar-refractivity contribution in [3.05, 3.63) is 0 Å². The Bertz CT molecular complexity index is 66.6. The predicted octanol–water partition coefficient (Wildman–Crippen LogP) is 0.697. The molecule has 0 spiro atoms. The summed E-state index contributed by atoms with van der Waals surface area (Å²) < 4.78 is 0. The van der Waals surface area contributed by atoms with Gasteiger partial charge in [0, 0.05) is 6.61 Å². The van der Waals surface area contributed by atoms with Crippen molar-refractivity contribution in [2.24, 2.45) is 11.7 Å². The van der Waals surface area contributed by atoms with Gasteiger partial charge in [0.1, 0.15) is 0 Å². The van der Waals surface area contributed by atoms with E-state index in [9.17, 15) is 0 Å². The Morgan fingerprint density at radius 2 is 2.30 bits per heavy atom. The van der Waals surface area contributed by atoms with Gasteiger partial charge in [-0.15, -0.1) is 0 Å². The molecule has 0 aliphatic carbocycles. The molecule has 0 radical (unpaired) electrons. The molecule has 0 amide bonds. The number of aliphatic hydroxyl groups excluding tert-OH is 1. The Hall–Kier alpha value is 0.270. The zero-order valence-electron chi connectivity index (χ0n) is 6.55. The fourth-order valence-corrected chi connectivity index (χ4v) is 1.47. The molecule has 0 aromatic rings. The van der Waals surface area contributed by atoms with Gasteiger partial charge < -0.3 is 10.8 Å². The second kappa shape index (κ2) is 7.38. The molecule has 2 nitrogen and oxygen atoms in total. The van der Waals surface area contributed by atoms with E-state index in [1.165, 1.54) is 0 Å². The average molecular weight is 163 g/mol. The van der Waals surface area contributed by atoms with Crippen molar-refractivity contribution in [1.82, 2.24) is 0 Å². The SMILES string of the molecule is CCSCCC(CN)CO. The molecule has 0 saturated heterocycles. The fraction of sp³-hybridized carbons (Fsp3) is 1.00. The van der Waals surface area contributed by atoms with Crippen molar-refractivity contribution in [3.8, 4) is 0 Å². The van der Waals surface area contributed by atoms with Crippen LogP contribution >= 0.6 is 11.8 Å². The Kier molecular flexibility index (Phi) is 7.58. The summed E-state index contributed by atoms with van der Waals surface area (Å²) in [7, 11) is 0. The Morgan fingerprint density at radius 3 is 2.70 bits per heavy atom. The van der Waals surface area contributed by atoms with E-state index in [0.29, 0.717) is 12.5 Å². The van der Waals surface area contributed by atoms with Crippen LogP contribution < -0.4 is 5.73 Å². The largest absolute Gasteiger partial charge is 0.396 e. The van der Waals surface area contributed by atoms with Gasteiger partial charge in [0.2, 0.25) is 0 Å². The van der Waals surface area contributed by atoms with Crippen molar-refractivity contribution >= 4 is 11.8 Å². The summed E-state index contributed by atoms with van der Waals surface area (Å²) >= 11 is 1.90. The molecule has 0 bridgehead atoms. The summed E-state index contributed by atoms with van der Waals surface area (Å²) in [6, 6.07) is 0. The first-order chi connectivity index (χ1) is 4.85. The minimum atomic E-state index is 0.237. The van der Waals surface area contributed by atoms with Crippen molar-refractivity contribution in [3.63, 3.8) is 0 Å². The van der Waals surface area contributed by atoms with E-state index in [0.717, 1.165) is 17.9 Å². The van der Waals surface area contributed by atoms with E-state index in [-0.39, 0.29) is 6.61 Å². The Morgan fingerprint density at radius 1 is 1.60 bits per heavy atom. The first-order valence-corrected chi connectivity index (χ1v) is 4.89. The maximum absolute atomic E-state index is 8.74. The smallest absolute Gasteiger partial charge is 0.0471 e. The Labute approximate surface area is 67.2 Å². The summed E-state index contributed by atoms with van der Waals surface area (Å²) in [5.41, 5.74) is 5.40. The highest BCUT2D eigenvalue weighted by atomic mass is 32.2. The van der Waals surface area contributed by atoms with Crippen LogP contribution in [0.5, 0.6) is 0 Å². The van der Waals surface area contributed by atoms with Crippen LogP contribution in [0.4, 0.5) is 0 Å². The van der Waals surface area contributed by atoms with Crippen LogP contribution in [0.25, 0.3) is 0 Å². The van der Waals surface area contributed by atoms with Gasteiger partial charge in [-0.2, -0.15) is 11.8 Å². The zero-order chi connectivity index (χ0) is 7.82. The number of thioether (sulfide) groups is 1. The summed E-state index contributed by atoms with van der Waals surface area (Å²) in [6.07, 6.45) is 1.05. The van der Waals surface area contributed by atoms with Crippen LogP contribution in [0.1, 0.15) is 13.3 Å². The maximum Gasteiger partial charge on any atom is 0.0471 e. The molecule has 0 aliphatic rings. The quantitative estimate of drug-likeness (QED) is 0.567. The highest BCUT2D eigenvalue weighted by Crippen LogP contribution is 2.07. The van der Waals surface area contributed by atoms with E-state index in [2.05, 4.69) is 6.92 Å². The van der Waals surface area contributed by atoms with Crippen molar-refractivity contribution in [2.45, 2.75) is 13.3 Å². The normalized spacial score (nSPS) is 13.5. The zero-order valence-corrected chi connectivity index (χ0v) is 7.36. The maximum atomic E-state index is 8.74. The summed E-state index contributed by atoms with van der Waals surface area (Å²) in [5.74, 6) is 2.60. The monoisotopic (exact) mass is 163 g/mol. The lowest BCUT2D eigenvalue weighted by molar-refractivity contribution is 0.228. The van der Waals surface area contributed by atoms with Crippen LogP contribution in [0.3, 0.4) is 0 Å². The lowest BCUT2D eigenvalue weighted by Gasteiger charge is -2.09. The van der Waals surface area contributed by atoms with Gasteiger partial charge in [0.05, 0.1) is 0 Å². The molecule has 0 fully saturated rings. The first kappa shape index (κ1) is 10.3. The lowest BCUT2D eigenvalue weighted by Crippen LogP contribution is -2.18. The fourth-order valence-electron chi connectivity index (χ4n) is 0.678. The molecule has 1 unspecified atom stereocenters. The van der Waals surface area contributed by atoms with Gasteiger partial charge >= 0.3 is 0 Å². The van der Waals surface area contributed by atoms with E-state index >= 15 is 0 Å². The number of hydrogen-bond donors (Lipinski definition) is 2. The summed E-state index contributed by atoms with van der Waals surface area (Å²) in [6.45, 7) is 2.99. The highest BCUT2D eigenvalue weighted by Gasteiger charge is 2.02. The van der Waals surface area contributed by atoms with Gasteiger partial charge in [-0.1, -0.05) is 6.92 Å².